The van der Waals surface area contributed by atoms with Crippen molar-refractivity contribution in [3.8, 4) is 0 Å². The summed E-state index contributed by atoms with van der Waals surface area (Å²) >= 11 is 0. The van der Waals surface area contributed by atoms with Gasteiger partial charge in [-0.15, -0.1) is 0 Å². The third-order valence-electron chi connectivity index (χ3n) is 3.70. The van der Waals surface area contributed by atoms with Crippen LogP contribution in [0.2, 0.25) is 0 Å². The minimum Gasteiger partial charge on any atom is -0.469 e. The van der Waals surface area contributed by atoms with Gasteiger partial charge < -0.3 is 9.32 Å². The molecule has 1 aliphatic rings. The molecular formula is C12H17NO4S. The number of hydrogen-bond acceptors (Lipinski definition) is 4. The summed E-state index contributed by atoms with van der Waals surface area (Å²) in [6.07, 6.45) is 1.47. The highest BCUT2D eigenvalue weighted by Gasteiger charge is 2.38. The van der Waals surface area contributed by atoms with E-state index >= 15 is 0 Å². The topological polar surface area (TPSA) is 67.6 Å². The number of carbonyl (C=O) groups excluding carboxylic acids is 1. The Kier molecular flexibility index (Phi) is 3.23. The van der Waals surface area contributed by atoms with E-state index in [0.717, 1.165) is 0 Å². The third kappa shape index (κ3) is 2.05. The fraction of sp³-hybridized carbons (Fsp3) is 0.583. The van der Waals surface area contributed by atoms with E-state index < -0.39 is 15.1 Å². The summed E-state index contributed by atoms with van der Waals surface area (Å²) < 4.78 is 28.6. The Morgan fingerprint density at radius 3 is 2.67 bits per heavy atom. The van der Waals surface area contributed by atoms with Crippen LogP contribution in [-0.2, 0) is 9.84 Å². The van der Waals surface area contributed by atoms with Crippen LogP contribution in [0.5, 0.6) is 0 Å². The van der Waals surface area contributed by atoms with Crippen LogP contribution >= 0.6 is 0 Å². The molecule has 1 aliphatic heterocycles. The van der Waals surface area contributed by atoms with Crippen LogP contribution in [0.25, 0.3) is 0 Å². The van der Waals surface area contributed by atoms with E-state index in [-0.39, 0.29) is 24.2 Å². The molecule has 1 amide bonds. The molecule has 0 aromatic carbocycles. The first-order valence-corrected chi connectivity index (χ1v) is 7.63. The van der Waals surface area contributed by atoms with Gasteiger partial charge in [0.2, 0.25) is 0 Å². The molecule has 2 rings (SSSR count). The summed E-state index contributed by atoms with van der Waals surface area (Å²) in [5.74, 6) is 0.435. The Bertz CT molecular complexity index is 560. The fourth-order valence-electron chi connectivity index (χ4n) is 2.22. The predicted octanol–water partition coefficient (Wildman–Crippen LogP) is 1.24. The van der Waals surface area contributed by atoms with Gasteiger partial charge in [-0.3, -0.25) is 4.79 Å². The SMILES string of the molecule is Cc1occc1C(=O)N1CCS(=O)(=O)C(C)C1C. The molecule has 100 valence electrons. The third-order valence-corrected chi connectivity index (χ3v) is 5.98. The average Bonchev–Trinajstić information content (AvgIpc) is 2.72. The first-order chi connectivity index (χ1) is 8.34. The molecule has 1 aromatic rings. The van der Waals surface area contributed by atoms with Crippen LogP contribution in [0.1, 0.15) is 30.0 Å². The van der Waals surface area contributed by atoms with E-state index in [1.54, 1.807) is 31.7 Å². The maximum absolute atomic E-state index is 12.3. The van der Waals surface area contributed by atoms with E-state index in [1.807, 2.05) is 0 Å². The van der Waals surface area contributed by atoms with Gasteiger partial charge in [0.1, 0.15) is 5.76 Å². The summed E-state index contributed by atoms with van der Waals surface area (Å²) in [5.41, 5.74) is 0.508. The predicted molar refractivity (Wildman–Crippen MR) is 67.2 cm³/mol. The molecule has 5 nitrogen and oxygen atoms in total. The lowest BCUT2D eigenvalue weighted by atomic mass is 10.1. The number of hydrogen-bond donors (Lipinski definition) is 0. The first-order valence-electron chi connectivity index (χ1n) is 5.91. The van der Waals surface area contributed by atoms with Gasteiger partial charge in [-0.1, -0.05) is 0 Å². The lowest BCUT2D eigenvalue weighted by Crippen LogP contribution is -2.54. The number of carbonyl (C=O) groups is 1. The monoisotopic (exact) mass is 271 g/mol. The Labute approximate surface area is 107 Å². The quantitative estimate of drug-likeness (QED) is 0.770. The molecule has 2 atom stereocenters. The van der Waals surface area contributed by atoms with Crippen molar-refractivity contribution in [2.45, 2.75) is 32.1 Å². The van der Waals surface area contributed by atoms with Crippen molar-refractivity contribution in [3.63, 3.8) is 0 Å². The minimum atomic E-state index is -3.07. The zero-order valence-corrected chi connectivity index (χ0v) is 11.5. The maximum Gasteiger partial charge on any atom is 0.257 e. The van der Waals surface area contributed by atoms with Gasteiger partial charge in [0.15, 0.2) is 9.84 Å². The van der Waals surface area contributed by atoms with Gasteiger partial charge in [-0.05, 0) is 26.8 Å². The van der Waals surface area contributed by atoms with Gasteiger partial charge in [-0.2, -0.15) is 0 Å². The average molecular weight is 271 g/mol. The summed E-state index contributed by atoms with van der Waals surface area (Å²) in [5, 5.41) is -0.526. The maximum atomic E-state index is 12.3. The van der Waals surface area contributed by atoms with Crippen molar-refractivity contribution in [2.24, 2.45) is 0 Å². The Hall–Kier alpha value is -1.30. The zero-order chi connectivity index (χ0) is 13.5. The van der Waals surface area contributed by atoms with Crippen molar-refractivity contribution in [3.05, 3.63) is 23.7 Å². The summed E-state index contributed by atoms with van der Waals surface area (Å²) in [4.78, 5) is 13.9. The highest BCUT2D eigenvalue weighted by molar-refractivity contribution is 7.92. The second kappa shape index (κ2) is 4.42. The number of aryl methyl sites for hydroxylation is 1. The lowest BCUT2D eigenvalue weighted by Gasteiger charge is -2.37. The minimum absolute atomic E-state index is 0.0289. The van der Waals surface area contributed by atoms with Crippen LogP contribution in [0, 0.1) is 6.92 Å². The van der Waals surface area contributed by atoms with Crippen molar-refractivity contribution in [1.82, 2.24) is 4.90 Å². The van der Waals surface area contributed by atoms with Crippen molar-refractivity contribution in [1.29, 1.82) is 0 Å². The lowest BCUT2D eigenvalue weighted by molar-refractivity contribution is 0.0691. The highest BCUT2D eigenvalue weighted by atomic mass is 32.2. The molecule has 0 saturated carbocycles. The molecule has 1 fully saturated rings. The van der Waals surface area contributed by atoms with Gasteiger partial charge in [0, 0.05) is 12.6 Å². The largest absolute Gasteiger partial charge is 0.469 e. The fourth-order valence-corrected chi connectivity index (χ4v) is 3.79. The molecule has 6 heteroatoms. The van der Waals surface area contributed by atoms with Crippen LogP contribution in [0.15, 0.2) is 16.7 Å². The molecule has 1 saturated heterocycles. The molecule has 0 radical (unpaired) electrons. The molecule has 0 N–H and O–H groups in total. The van der Waals surface area contributed by atoms with Crippen LogP contribution in [-0.4, -0.2) is 42.8 Å². The van der Waals surface area contributed by atoms with Gasteiger partial charge in [-0.25, -0.2) is 8.42 Å². The number of rotatable bonds is 1. The van der Waals surface area contributed by atoms with Crippen molar-refractivity contribution >= 4 is 15.7 Å². The molecule has 0 bridgehead atoms. The number of furan rings is 1. The molecule has 0 aliphatic carbocycles. The first kappa shape index (κ1) is 13.1. The normalized spacial score (nSPS) is 27.2. The molecule has 2 heterocycles. The van der Waals surface area contributed by atoms with Crippen LogP contribution < -0.4 is 0 Å². The zero-order valence-electron chi connectivity index (χ0n) is 10.7. The standard InChI is InChI=1S/C12H17NO4S/c1-8-10(3)18(15,16)7-5-13(8)12(14)11-4-6-17-9(11)2/h4,6,8,10H,5,7H2,1-3H3. The Morgan fingerprint density at radius 1 is 1.44 bits per heavy atom. The smallest absolute Gasteiger partial charge is 0.257 e. The van der Waals surface area contributed by atoms with Crippen molar-refractivity contribution in [2.75, 3.05) is 12.3 Å². The molecular weight excluding hydrogens is 254 g/mol. The number of nitrogens with zero attached hydrogens (tertiary/aromatic N) is 1. The van der Waals surface area contributed by atoms with Gasteiger partial charge in [0.25, 0.3) is 5.91 Å². The van der Waals surface area contributed by atoms with Crippen LogP contribution in [0.4, 0.5) is 0 Å². The molecule has 2 unspecified atom stereocenters. The second-order valence-corrected chi connectivity index (χ2v) is 7.18. The highest BCUT2D eigenvalue weighted by Crippen LogP contribution is 2.22. The van der Waals surface area contributed by atoms with E-state index in [9.17, 15) is 13.2 Å². The summed E-state index contributed by atoms with van der Waals surface area (Å²) in [7, 11) is -3.07. The van der Waals surface area contributed by atoms with Crippen LogP contribution in [0.3, 0.4) is 0 Å². The van der Waals surface area contributed by atoms with E-state index in [1.165, 1.54) is 6.26 Å². The number of sulfone groups is 1. The molecule has 0 spiro atoms. The van der Waals surface area contributed by atoms with E-state index in [2.05, 4.69) is 0 Å². The van der Waals surface area contributed by atoms with Crippen molar-refractivity contribution < 1.29 is 17.6 Å². The van der Waals surface area contributed by atoms with Gasteiger partial charge in [0.05, 0.1) is 22.8 Å². The molecule has 1 aromatic heterocycles. The van der Waals surface area contributed by atoms with E-state index in [0.29, 0.717) is 11.3 Å². The second-order valence-electron chi connectivity index (χ2n) is 4.70. The van der Waals surface area contributed by atoms with Gasteiger partial charge >= 0.3 is 0 Å². The summed E-state index contributed by atoms with van der Waals surface area (Å²) in [6, 6.07) is 1.31. The van der Waals surface area contributed by atoms with E-state index in [4.69, 9.17) is 4.42 Å². The molecule has 18 heavy (non-hydrogen) atoms. The Morgan fingerprint density at radius 2 is 2.11 bits per heavy atom. The number of amides is 1. The summed E-state index contributed by atoms with van der Waals surface area (Å²) in [6.45, 7) is 5.40. The Balaban J connectivity index is 2.26.